The zero-order valence-electron chi connectivity index (χ0n) is 19.3. The number of aromatic nitrogens is 2. The maximum Gasteiger partial charge on any atom is 0.407 e. The summed E-state index contributed by atoms with van der Waals surface area (Å²) in [4.78, 5) is 16.9. The van der Waals surface area contributed by atoms with Crippen molar-refractivity contribution in [1.82, 2.24) is 14.9 Å². The van der Waals surface area contributed by atoms with Crippen LogP contribution in [0.3, 0.4) is 0 Å². The number of imidazole rings is 1. The van der Waals surface area contributed by atoms with Crippen molar-refractivity contribution in [2.75, 3.05) is 13.2 Å². The van der Waals surface area contributed by atoms with E-state index in [-0.39, 0.29) is 13.2 Å². The Bertz CT molecular complexity index is 1020. The predicted molar refractivity (Wildman–Crippen MR) is 130 cm³/mol. The quantitative estimate of drug-likeness (QED) is 0.333. The second kappa shape index (κ2) is 11.3. The van der Waals surface area contributed by atoms with Gasteiger partial charge in [0.1, 0.15) is 19.2 Å². The molecule has 172 valence electrons. The van der Waals surface area contributed by atoms with E-state index in [1.807, 2.05) is 47.0 Å². The van der Waals surface area contributed by atoms with Crippen molar-refractivity contribution in [3.05, 3.63) is 65.5 Å². The molecule has 1 heterocycles. The Morgan fingerprint density at radius 3 is 2.62 bits per heavy atom. The molecule has 2 aromatic carbocycles. The molecule has 3 N–H and O–H groups in total. The Labute approximate surface area is 190 Å². The van der Waals surface area contributed by atoms with Gasteiger partial charge in [0.25, 0.3) is 0 Å². The van der Waals surface area contributed by atoms with Gasteiger partial charge in [-0.15, -0.1) is 0 Å². The van der Waals surface area contributed by atoms with Gasteiger partial charge in [-0.25, -0.2) is 9.78 Å². The number of ether oxygens (including phenoxy) is 2. The fraction of sp³-hybridized carbons (Fsp3) is 0.417. The van der Waals surface area contributed by atoms with Crippen LogP contribution in [0.2, 0.25) is 25.7 Å². The number of rotatable bonds is 11. The molecule has 0 aliphatic rings. The molecule has 32 heavy (non-hydrogen) atoms. The molecule has 7 nitrogen and oxygen atoms in total. The number of benzene rings is 2. The van der Waals surface area contributed by atoms with Crippen LogP contribution in [-0.2, 0) is 35.8 Å². The van der Waals surface area contributed by atoms with E-state index in [0.29, 0.717) is 19.9 Å². The highest BCUT2D eigenvalue weighted by Gasteiger charge is 2.15. The van der Waals surface area contributed by atoms with Gasteiger partial charge in [0, 0.05) is 14.7 Å². The second-order valence-corrected chi connectivity index (χ2v) is 14.7. The van der Waals surface area contributed by atoms with Gasteiger partial charge in [0.15, 0.2) is 0 Å². The number of nitrogens with zero attached hydrogens (tertiary/aromatic N) is 2. The van der Waals surface area contributed by atoms with Crippen molar-refractivity contribution in [3.63, 3.8) is 0 Å². The van der Waals surface area contributed by atoms with Gasteiger partial charge in [0.2, 0.25) is 0 Å². The summed E-state index contributed by atoms with van der Waals surface area (Å²) in [6.45, 7) is 9.17. The number of amides is 1. The molecule has 3 rings (SSSR count). The van der Waals surface area contributed by atoms with Crippen molar-refractivity contribution >= 4 is 25.2 Å². The molecule has 0 spiro atoms. The number of carbonyl (C=O) groups is 1. The summed E-state index contributed by atoms with van der Waals surface area (Å²) in [5.41, 5.74) is 9.69. The molecule has 1 amide bonds. The third-order valence-electron chi connectivity index (χ3n) is 5.15. The molecule has 1 aromatic heterocycles. The lowest BCUT2D eigenvalue weighted by Gasteiger charge is -2.16. The average Bonchev–Trinajstić information content (AvgIpc) is 3.11. The van der Waals surface area contributed by atoms with E-state index >= 15 is 0 Å². The topological polar surface area (TPSA) is 91.4 Å². The molecule has 0 atom stereocenters. The molecule has 0 saturated carbocycles. The summed E-state index contributed by atoms with van der Waals surface area (Å²) in [6, 6.07) is 16.8. The molecule has 3 aromatic rings. The zero-order valence-corrected chi connectivity index (χ0v) is 20.3. The van der Waals surface area contributed by atoms with E-state index in [0.717, 1.165) is 40.4 Å². The maximum absolute atomic E-state index is 12.2. The van der Waals surface area contributed by atoms with Crippen LogP contribution in [0.1, 0.15) is 17.0 Å². The summed E-state index contributed by atoms with van der Waals surface area (Å²) >= 11 is 0. The zero-order chi connectivity index (χ0) is 23.0. The molecular formula is C24H34N4O3Si. The SMILES string of the molecule is C[Si](C)(C)CCOCn1c(CNC(=O)OCc2ccccc2)nc2ccc(CCN)cc21. The molecule has 0 bridgehead atoms. The van der Waals surface area contributed by atoms with Crippen LogP contribution in [0, 0.1) is 0 Å². The van der Waals surface area contributed by atoms with Gasteiger partial charge in [-0.3, -0.25) is 0 Å². The van der Waals surface area contributed by atoms with E-state index < -0.39 is 14.2 Å². The minimum Gasteiger partial charge on any atom is -0.445 e. The fourth-order valence-corrected chi connectivity index (χ4v) is 4.04. The first-order valence-electron chi connectivity index (χ1n) is 11.1. The van der Waals surface area contributed by atoms with Crippen LogP contribution in [0.25, 0.3) is 11.0 Å². The lowest BCUT2D eigenvalue weighted by molar-refractivity contribution is 0.0873. The highest BCUT2D eigenvalue weighted by atomic mass is 28.3. The number of hydrogen-bond acceptors (Lipinski definition) is 5. The van der Waals surface area contributed by atoms with Crippen LogP contribution in [0.15, 0.2) is 48.5 Å². The summed E-state index contributed by atoms with van der Waals surface area (Å²) in [6.07, 6.45) is 0.327. The molecular weight excluding hydrogens is 420 g/mol. The highest BCUT2D eigenvalue weighted by molar-refractivity contribution is 6.76. The van der Waals surface area contributed by atoms with E-state index in [2.05, 4.69) is 31.0 Å². The normalized spacial score (nSPS) is 11.6. The number of carbonyl (C=O) groups excluding carboxylic acids is 1. The Kier molecular flexibility index (Phi) is 8.44. The Morgan fingerprint density at radius 1 is 1.12 bits per heavy atom. The largest absolute Gasteiger partial charge is 0.445 e. The lowest BCUT2D eigenvalue weighted by Crippen LogP contribution is -2.26. The fourth-order valence-electron chi connectivity index (χ4n) is 3.28. The van der Waals surface area contributed by atoms with Crippen LogP contribution in [0.5, 0.6) is 0 Å². The first kappa shape index (κ1) is 24.0. The second-order valence-electron chi connectivity index (χ2n) is 9.08. The summed E-state index contributed by atoms with van der Waals surface area (Å²) < 4.78 is 13.4. The Hall–Kier alpha value is -2.68. The molecule has 0 fully saturated rings. The van der Waals surface area contributed by atoms with Gasteiger partial charge >= 0.3 is 6.09 Å². The van der Waals surface area contributed by atoms with Crippen molar-refractivity contribution in [2.45, 2.75) is 52.0 Å². The van der Waals surface area contributed by atoms with Crippen LogP contribution in [-0.4, -0.2) is 36.9 Å². The number of fused-ring (bicyclic) bond motifs is 1. The Morgan fingerprint density at radius 2 is 1.91 bits per heavy atom. The molecule has 0 aliphatic heterocycles. The van der Waals surface area contributed by atoms with Crippen molar-refractivity contribution in [1.29, 1.82) is 0 Å². The first-order chi connectivity index (χ1) is 15.4. The average molecular weight is 455 g/mol. The van der Waals surface area contributed by atoms with E-state index in [1.54, 1.807) is 0 Å². The maximum atomic E-state index is 12.2. The summed E-state index contributed by atoms with van der Waals surface area (Å²) in [5.74, 6) is 0.731. The van der Waals surface area contributed by atoms with Crippen LogP contribution in [0.4, 0.5) is 4.79 Å². The monoisotopic (exact) mass is 454 g/mol. The van der Waals surface area contributed by atoms with Crippen LogP contribution >= 0.6 is 0 Å². The molecule has 0 radical (unpaired) electrons. The number of hydrogen-bond donors (Lipinski definition) is 2. The summed E-state index contributed by atoms with van der Waals surface area (Å²) in [7, 11) is -1.17. The first-order valence-corrected chi connectivity index (χ1v) is 14.8. The van der Waals surface area contributed by atoms with Crippen molar-refractivity contribution in [3.8, 4) is 0 Å². The number of nitrogens with two attached hydrogens (primary N) is 1. The minimum absolute atomic E-state index is 0.228. The number of alkyl carbamates (subject to hydrolysis) is 1. The van der Waals surface area contributed by atoms with E-state index in [4.69, 9.17) is 20.2 Å². The minimum atomic E-state index is -1.17. The molecule has 8 heteroatoms. The molecule has 0 aliphatic carbocycles. The van der Waals surface area contributed by atoms with Gasteiger partial charge < -0.3 is 25.1 Å². The summed E-state index contributed by atoms with van der Waals surface area (Å²) in [5, 5.41) is 2.81. The Balaban J connectivity index is 1.68. The van der Waals surface area contributed by atoms with Crippen molar-refractivity contribution < 1.29 is 14.3 Å². The van der Waals surface area contributed by atoms with Gasteiger partial charge in [-0.2, -0.15) is 0 Å². The third kappa shape index (κ3) is 7.18. The highest BCUT2D eigenvalue weighted by Crippen LogP contribution is 2.19. The third-order valence-corrected chi connectivity index (χ3v) is 6.85. The standard InChI is InChI=1S/C24H34N4O3Si/c1-32(2,3)14-13-30-18-28-22-15-19(11-12-25)9-10-21(22)27-23(28)16-26-24(29)31-17-20-7-5-4-6-8-20/h4-10,15H,11-14,16-18,25H2,1-3H3,(H,26,29). The van der Waals surface area contributed by atoms with E-state index in [1.165, 1.54) is 0 Å². The molecule has 0 unspecified atom stereocenters. The predicted octanol–water partition coefficient (Wildman–Crippen LogP) is 4.28. The van der Waals surface area contributed by atoms with Crippen molar-refractivity contribution in [2.24, 2.45) is 5.73 Å². The van der Waals surface area contributed by atoms with Crippen LogP contribution < -0.4 is 11.1 Å². The van der Waals surface area contributed by atoms with Gasteiger partial charge in [0.05, 0.1) is 17.6 Å². The molecule has 0 saturated heterocycles. The van der Waals surface area contributed by atoms with E-state index in [9.17, 15) is 4.79 Å². The smallest absolute Gasteiger partial charge is 0.407 e. The van der Waals surface area contributed by atoms with Gasteiger partial charge in [-0.05, 0) is 42.3 Å². The number of nitrogens with one attached hydrogen (secondary N) is 1. The lowest BCUT2D eigenvalue weighted by atomic mass is 10.1. The van der Waals surface area contributed by atoms with Gasteiger partial charge in [-0.1, -0.05) is 56.0 Å².